The van der Waals surface area contributed by atoms with Gasteiger partial charge >= 0.3 is 0 Å². The monoisotopic (exact) mass is 490 g/mol. The molecule has 7 nitrogen and oxygen atoms in total. The first-order valence-electron chi connectivity index (χ1n) is 10.4. The van der Waals surface area contributed by atoms with Crippen molar-refractivity contribution >= 4 is 38.1 Å². The Hall–Kier alpha value is -3.75. The second-order valence-electron chi connectivity index (χ2n) is 7.93. The number of sulfone groups is 1. The molecule has 0 amide bonds. The van der Waals surface area contributed by atoms with Gasteiger partial charge in [0.25, 0.3) is 5.56 Å². The SMILES string of the molecule is Cc1ccc(S(=O)(=O)c2cc3c(=O)n4ccccc4nc3n(Cc3ccccc3Cl)c2=N)cc1. The van der Waals surface area contributed by atoms with Crippen molar-refractivity contribution < 1.29 is 8.42 Å². The number of halogens is 1. The third-order valence-corrected chi connectivity index (χ3v) is 7.84. The minimum atomic E-state index is -4.09. The molecule has 0 bridgehead atoms. The summed E-state index contributed by atoms with van der Waals surface area (Å²) >= 11 is 6.37. The molecule has 0 aliphatic heterocycles. The van der Waals surface area contributed by atoms with E-state index in [9.17, 15) is 13.2 Å². The molecule has 3 aromatic heterocycles. The normalized spacial score (nSPS) is 11.8. The standard InChI is InChI=1S/C25H19ClN4O3S/c1-16-9-11-18(12-10-16)34(32,33)21-14-19-24(28-22-8-4-5-13-29(22)25(19)31)30(23(21)27)15-17-6-2-3-7-20(17)26/h2-14,27H,15H2,1H3. The zero-order chi connectivity index (χ0) is 24.0. The molecule has 0 aliphatic rings. The van der Waals surface area contributed by atoms with Gasteiger partial charge < -0.3 is 4.57 Å². The number of pyridine rings is 2. The Morgan fingerprint density at radius 1 is 1.00 bits per heavy atom. The number of rotatable bonds is 4. The van der Waals surface area contributed by atoms with E-state index in [1.54, 1.807) is 60.8 Å². The number of fused-ring (bicyclic) bond motifs is 2. The lowest BCUT2D eigenvalue weighted by Gasteiger charge is -2.16. The first kappa shape index (κ1) is 22.1. The van der Waals surface area contributed by atoms with Gasteiger partial charge in [0.15, 0.2) is 0 Å². The molecule has 0 unspecified atom stereocenters. The maximum Gasteiger partial charge on any atom is 0.267 e. The van der Waals surface area contributed by atoms with Crippen molar-refractivity contribution in [1.82, 2.24) is 14.0 Å². The van der Waals surface area contributed by atoms with E-state index in [2.05, 4.69) is 4.98 Å². The van der Waals surface area contributed by atoms with Gasteiger partial charge in [-0.3, -0.25) is 14.6 Å². The third-order valence-electron chi connectivity index (χ3n) is 5.69. The Morgan fingerprint density at radius 3 is 2.44 bits per heavy atom. The molecule has 9 heteroatoms. The van der Waals surface area contributed by atoms with Crippen molar-refractivity contribution in [1.29, 1.82) is 5.41 Å². The van der Waals surface area contributed by atoms with Crippen LogP contribution in [0.4, 0.5) is 0 Å². The van der Waals surface area contributed by atoms with Crippen LogP contribution < -0.4 is 11.0 Å². The Kier molecular flexibility index (Phi) is 5.34. The molecular formula is C25H19ClN4O3S. The molecule has 0 aliphatic carbocycles. The number of benzene rings is 2. The lowest BCUT2D eigenvalue weighted by molar-refractivity contribution is 0.591. The van der Waals surface area contributed by atoms with Gasteiger partial charge in [-0.2, -0.15) is 0 Å². The summed E-state index contributed by atoms with van der Waals surface area (Å²) in [6.45, 7) is 1.93. The molecule has 5 aromatic rings. The maximum absolute atomic E-state index is 13.6. The summed E-state index contributed by atoms with van der Waals surface area (Å²) in [5.74, 6) is 0. The largest absolute Gasteiger partial charge is 0.305 e. The number of aryl methyl sites for hydroxylation is 1. The molecule has 2 aromatic carbocycles. The number of hydrogen-bond acceptors (Lipinski definition) is 5. The van der Waals surface area contributed by atoms with Crippen LogP contribution in [0.25, 0.3) is 16.7 Å². The summed E-state index contributed by atoms with van der Waals surface area (Å²) < 4.78 is 29.9. The van der Waals surface area contributed by atoms with Crippen molar-refractivity contribution in [3.8, 4) is 0 Å². The van der Waals surface area contributed by atoms with Gasteiger partial charge in [-0.1, -0.05) is 53.6 Å². The van der Waals surface area contributed by atoms with Gasteiger partial charge in [-0.05, 0) is 48.9 Å². The zero-order valence-electron chi connectivity index (χ0n) is 18.1. The average molecular weight is 491 g/mol. The number of nitrogens with one attached hydrogen (secondary N) is 1. The van der Waals surface area contributed by atoms with Gasteiger partial charge in [-0.25, -0.2) is 13.4 Å². The van der Waals surface area contributed by atoms with Crippen LogP contribution in [0.1, 0.15) is 11.1 Å². The summed E-state index contributed by atoms with van der Waals surface area (Å²) in [6.07, 6.45) is 1.57. The van der Waals surface area contributed by atoms with Crippen LogP contribution in [0, 0.1) is 12.3 Å². The van der Waals surface area contributed by atoms with Gasteiger partial charge in [-0.15, -0.1) is 0 Å². The molecule has 5 rings (SSSR count). The van der Waals surface area contributed by atoms with Crippen LogP contribution in [0.3, 0.4) is 0 Å². The first-order chi connectivity index (χ1) is 16.3. The van der Waals surface area contributed by atoms with Gasteiger partial charge in [0, 0.05) is 11.2 Å². The molecule has 0 spiro atoms. The average Bonchev–Trinajstić information content (AvgIpc) is 2.82. The van der Waals surface area contributed by atoms with Gasteiger partial charge in [0.2, 0.25) is 9.84 Å². The van der Waals surface area contributed by atoms with Crippen LogP contribution in [0.2, 0.25) is 5.02 Å². The molecule has 1 N–H and O–H groups in total. The second kappa shape index (κ2) is 8.23. The molecule has 0 atom stereocenters. The van der Waals surface area contributed by atoms with E-state index < -0.39 is 15.4 Å². The molecule has 0 saturated heterocycles. The zero-order valence-corrected chi connectivity index (χ0v) is 19.6. The molecule has 0 radical (unpaired) electrons. The summed E-state index contributed by atoms with van der Waals surface area (Å²) in [5.41, 5.74) is 1.48. The van der Waals surface area contributed by atoms with Crippen molar-refractivity contribution in [2.24, 2.45) is 0 Å². The molecular weight excluding hydrogens is 472 g/mol. The minimum Gasteiger partial charge on any atom is -0.305 e. The maximum atomic E-state index is 13.6. The van der Waals surface area contributed by atoms with Crippen LogP contribution >= 0.6 is 11.6 Å². The Bertz CT molecular complexity index is 1810. The van der Waals surface area contributed by atoms with Gasteiger partial charge in [0.05, 0.1) is 16.8 Å². The highest BCUT2D eigenvalue weighted by molar-refractivity contribution is 7.91. The van der Waals surface area contributed by atoms with Crippen LogP contribution in [-0.4, -0.2) is 22.4 Å². The first-order valence-corrected chi connectivity index (χ1v) is 12.3. The summed E-state index contributed by atoms with van der Waals surface area (Å²) in [7, 11) is -4.09. The van der Waals surface area contributed by atoms with Crippen LogP contribution in [0.15, 0.2) is 93.6 Å². The Labute approximate surface area is 200 Å². The Morgan fingerprint density at radius 2 is 1.71 bits per heavy atom. The lowest BCUT2D eigenvalue weighted by atomic mass is 10.2. The molecule has 0 saturated carbocycles. The minimum absolute atomic E-state index is 0.0455. The summed E-state index contributed by atoms with van der Waals surface area (Å²) in [5, 5.41) is 9.43. The van der Waals surface area contributed by atoms with Crippen LogP contribution in [0.5, 0.6) is 0 Å². The number of nitrogens with zero attached hydrogens (tertiary/aromatic N) is 3. The fourth-order valence-electron chi connectivity index (χ4n) is 3.86. The molecule has 170 valence electrons. The predicted molar refractivity (Wildman–Crippen MR) is 130 cm³/mol. The van der Waals surface area contributed by atoms with E-state index in [1.807, 2.05) is 6.92 Å². The fourth-order valence-corrected chi connectivity index (χ4v) is 5.44. The van der Waals surface area contributed by atoms with E-state index in [4.69, 9.17) is 17.0 Å². The van der Waals surface area contributed by atoms with E-state index in [0.717, 1.165) is 5.56 Å². The van der Waals surface area contributed by atoms with E-state index in [0.29, 0.717) is 16.2 Å². The molecule has 34 heavy (non-hydrogen) atoms. The van der Waals surface area contributed by atoms with E-state index in [-0.39, 0.29) is 32.9 Å². The topological polar surface area (TPSA) is 97.3 Å². The summed E-state index contributed by atoms with van der Waals surface area (Å²) in [4.78, 5) is 17.7. The highest BCUT2D eigenvalue weighted by Gasteiger charge is 2.24. The summed E-state index contributed by atoms with van der Waals surface area (Å²) in [6, 6.07) is 19.9. The smallest absolute Gasteiger partial charge is 0.267 e. The number of aromatic nitrogens is 3. The van der Waals surface area contributed by atoms with E-state index >= 15 is 0 Å². The quantitative estimate of drug-likeness (QED) is 0.385. The van der Waals surface area contributed by atoms with Crippen molar-refractivity contribution in [2.45, 2.75) is 23.3 Å². The van der Waals surface area contributed by atoms with Crippen molar-refractivity contribution in [3.63, 3.8) is 0 Å². The fraction of sp³-hybridized carbons (Fsp3) is 0.0800. The van der Waals surface area contributed by atoms with Gasteiger partial charge in [0.1, 0.15) is 21.7 Å². The second-order valence-corrected chi connectivity index (χ2v) is 10.3. The van der Waals surface area contributed by atoms with E-state index in [1.165, 1.54) is 27.2 Å². The van der Waals surface area contributed by atoms with Crippen LogP contribution in [-0.2, 0) is 16.4 Å². The third kappa shape index (κ3) is 3.61. The lowest BCUT2D eigenvalue weighted by Crippen LogP contribution is -2.30. The highest BCUT2D eigenvalue weighted by Crippen LogP contribution is 2.23. The molecule has 0 fully saturated rings. The number of hydrogen-bond donors (Lipinski definition) is 1. The Balaban J connectivity index is 1.88. The van der Waals surface area contributed by atoms with Crippen molar-refractivity contribution in [3.05, 3.63) is 111 Å². The highest BCUT2D eigenvalue weighted by atomic mass is 35.5. The predicted octanol–water partition coefficient (Wildman–Crippen LogP) is 3.97. The van der Waals surface area contributed by atoms with Crippen molar-refractivity contribution in [2.75, 3.05) is 0 Å². The molecule has 3 heterocycles.